The van der Waals surface area contributed by atoms with Crippen LogP contribution < -0.4 is 0 Å². The number of hydrogen-bond donors (Lipinski definition) is 0. The van der Waals surface area contributed by atoms with Gasteiger partial charge in [-0.2, -0.15) is 0 Å². The van der Waals surface area contributed by atoms with Crippen molar-refractivity contribution in [2.24, 2.45) is 11.3 Å². The molecule has 1 atom stereocenters. The van der Waals surface area contributed by atoms with Crippen molar-refractivity contribution in [2.45, 2.75) is 33.6 Å². The number of benzene rings is 2. The van der Waals surface area contributed by atoms with Gasteiger partial charge in [0.25, 0.3) is 0 Å². The van der Waals surface area contributed by atoms with Crippen molar-refractivity contribution in [3.63, 3.8) is 0 Å². The molecule has 2 aromatic rings. The zero-order chi connectivity index (χ0) is 17.9. The number of Topliss-reactive ketones (excluding diaryl/α,β-unsaturated/α-hetero) is 1. The van der Waals surface area contributed by atoms with E-state index in [0.29, 0.717) is 5.92 Å². The first-order valence-corrected chi connectivity index (χ1v) is 8.99. The fourth-order valence-corrected chi connectivity index (χ4v) is 3.36. The Labute approximate surface area is 151 Å². The first-order valence-electron chi connectivity index (χ1n) is 8.99. The van der Waals surface area contributed by atoms with Crippen LogP contribution in [-0.4, -0.2) is 5.78 Å². The topological polar surface area (TPSA) is 17.1 Å². The third-order valence-corrected chi connectivity index (χ3v) is 5.02. The maximum Gasteiger partial charge on any atom is 0.185 e. The van der Waals surface area contributed by atoms with Crippen molar-refractivity contribution in [1.29, 1.82) is 0 Å². The molecule has 0 spiro atoms. The first kappa shape index (κ1) is 17.4. The molecule has 0 bridgehead atoms. The van der Waals surface area contributed by atoms with Gasteiger partial charge in [0.15, 0.2) is 5.78 Å². The maximum atomic E-state index is 13.1. The van der Waals surface area contributed by atoms with Gasteiger partial charge in [-0.15, -0.1) is 0 Å². The average Bonchev–Trinajstić information content (AvgIpc) is 2.59. The van der Waals surface area contributed by atoms with Gasteiger partial charge in [-0.1, -0.05) is 81.4 Å². The summed E-state index contributed by atoms with van der Waals surface area (Å²) in [5.41, 5.74) is 4.23. The highest BCUT2D eigenvalue weighted by Crippen LogP contribution is 2.41. The number of rotatable bonds is 2. The van der Waals surface area contributed by atoms with E-state index in [2.05, 4.69) is 57.2 Å². The summed E-state index contributed by atoms with van der Waals surface area (Å²) in [5, 5.41) is 0. The van der Waals surface area contributed by atoms with Gasteiger partial charge in [-0.25, -0.2) is 0 Å². The van der Waals surface area contributed by atoms with E-state index in [1.165, 1.54) is 0 Å². The first-order chi connectivity index (χ1) is 11.9. The van der Waals surface area contributed by atoms with Crippen LogP contribution in [-0.2, 0) is 4.79 Å². The van der Waals surface area contributed by atoms with Gasteiger partial charge in [0.2, 0.25) is 0 Å². The Bertz CT molecular complexity index is 727. The summed E-state index contributed by atoms with van der Waals surface area (Å²) in [6.07, 6.45) is 5.84. The third kappa shape index (κ3) is 4.36. The molecule has 0 radical (unpaired) electrons. The molecule has 0 heterocycles. The molecule has 1 heteroatoms. The minimum Gasteiger partial charge on any atom is -0.289 e. The van der Waals surface area contributed by atoms with Gasteiger partial charge in [0.1, 0.15) is 0 Å². The van der Waals surface area contributed by atoms with Gasteiger partial charge in [-0.3, -0.25) is 4.79 Å². The van der Waals surface area contributed by atoms with Gasteiger partial charge in [0.05, 0.1) is 0 Å². The second-order valence-corrected chi connectivity index (χ2v) is 7.96. The Morgan fingerprint density at radius 2 is 1.16 bits per heavy atom. The molecule has 3 rings (SSSR count). The van der Waals surface area contributed by atoms with Crippen molar-refractivity contribution >= 4 is 17.9 Å². The van der Waals surface area contributed by atoms with Crippen molar-refractivity contribution in [2.75, 3.05) is 0 Å². The van der Waals surface area contributed by atoms with E-state index in [9.17, 15) is 4.79 Å². The average molecular weight is 330 g/mol. The zero-order valence-electron chi connectivity index (χ0n) is 15.3. The molecule has 1 saturated carbocycles. The predicted octanol–water partition coefficient (Wildman–Crippen LogP) is 6.18. The summed E-state index contributed by atoms with van der Waals surface area (Å²) in [6.45, 7) is 6.81. The van der Waals surface area contributed by atoms with E-state index < -0.39 is 0 Å². The van der Waals surface area contributed by atoms with Crippen LogP contribution in [0.4, 0.5) is 0 Å². The molecule has 2 aromatic carbocycles. The van der Waals surface area contributed by atoms with E-state index in [1.807, 2.05) is 36.4 Å². The van der Waals surface area contributed by atoms with Crippen molar-refractivity contribution < 1.29 is 4.79 Å². The third-order valence-electron chi connectivity index (χ3n) is 5.02. The second-order valence-electron chi connectivity index (χ2n) is 7.96. The van der Waals surface area contributed by atoms with E-state index >= 15 is 0 Å². The molecule has 25 heavy (non-hydrogen) atoms. The fraction of sp³-hybridized carbons (Fsp3) is 0.292. The summed E-state index contributed by atoms with van der Waals surface area (Å²) in [7, 11) is 0. The molecule has 0 aliphatic heterocycles. The highest BCUT2D eigenvalue weighted by molar-refractivity contribution is 6.14. The Morgan fingerprint density at radius 1 is 0.760 bits per heavy atom. The smallest absolute Gasteiger partial charge is 0.185 e. The Morgan fingerprint density at radius 3 is 1.52 bits per heavy atom. The van der Waals surface area contributed by atoms with E-state index in [1.54, 1.807) is 0 Å². The predicted molar refractivity (Wildman–Crippen MR) is 106 cm³/mol. The molecule has 0 amide bonds. The molecule has 0 aromatic heterocycles. The van der Waals surface area contributed by atoms with Crippen molar-refractivity contribution in [3.8, 4) is 0 Å². The quantitative estimate of drug-likeness (QED) is 0.601. The number of carbonyl (C=O) groups is 1. The van der Waals surface area contributed by atoms with Crippen LogP contribution in [0, 0.1) is 11.3 Å². The normalized spacial score (nSPS) is 21.7. The molecular formula is C24H26O. The van der Waals surface area contributed by atoms with Gasteiger partial charge >= 0.3 is 0 Å². The highest BCUT2D eigenvalue weighted by atomic mass is 16.1. The molecule has 0 saturated heterocycles. The number of ketones is 1. The summed E-state index contributed by atoms with van der Waals surface area (Å²) in [5.74, 6) is 0.670. The Balaban J connectivity index is 2.00. The summed E-state index contributed by atoms with van der Waals surface area (Å²) >= 11 is 0. The molecule has 1 nitrogen and oxygen atoms in total. The highest BCUT2D eigenvalue weighted by Gasteiger charge is 2.34. The summed E-state index contributed by atoms with van der Waals surface area (Å²) < 4.78 is 0. The van der Waals surface area contributed by atoms with Crippen LogP contribution in [0.3, 0.4) is 0 Å². The van der Waals surface area contributed by atoms with E-state index in [0.717, 1.165) is 35.1 Å². The number of hydrogen-bond acceptors (Lipinski definition) is 1. The minimum absolute atomic E-state index is 0.173. The monoisotopic (exact) mass is 330 g/mol. The van der Waals surface area contributed by atoms with Crippen LogP contribution in [0.1, 0.15) is 44.7 Å². The van der Waals surface area contributed by atoms with Crippen molar-refractivity contribution in [1.82, 2.24) is 0 Å². The Hall–Kier alpha value is -2.41. The molecule has 1 fully saturated rings. The van der Waals surface area contributed by atoms with Gasteiger partial charge in [0, 0.05) is 11.1 Å². The van der Waals surface area contributed by atoms with Crippen LogP contribution in [0.15, 0.2) is 71.8 Å². The molecule has 1 aliphatic rings. The molecule has 0 N–H and O–H groups in total. The molecule has 1 unspecified atom stereocenters. The fourth-order valence-electron chi connectivity index (χ4n) is 3.36. The van der Waals surface area contributed by atoms with Crippen molar-refractivity contribution in [3.05, 3.63) is 82.9 Å². The number of allylic oxidation sites excluding steroid dienone is 2. The number of carbonyl (C=O) groups excluding carboxylic acids is 1. The van der Waals surface area contributed by atoms with Crippen LogP contribution in [0.2, 0.25) is 0 Å². The lowest BCUT2D eigenvalue weighted by atomic mass is 9.68. The lowest BCUT2D eigenvalue weighted by Crippen LogP contribution is -2.29. The van der Waals surface area contributed by atoms with Gasteiger partial charge < -0.3 is 0 Å². The molecular weight excluding hydrogens is 304 g/mol. The SMILES string of the molecule is CC(C)(C)C1C/C(=C/c2ccccc2)C(=O)/C(=C/c2ccccc2)C1. The van der Waals surface area contributed by atoms with Crippen LogP contribution in [0.5, 0.6) is 0 Å². The minimum atomic E-state index is 0.173. The summed E-state index contributed by atoms with van der Waals surface area (Å²) in [6, 6.07) is 20.3. The Kier molecular flexibility index (Phi) is 5.03. The lowest BCUT2D eigenvalue weighted by molar-refractivity contribution is -0.113. The maximum absolute atomic E-state index is 13.1. The summed E-state index contributed by atoms with van der Waals surface area (Å²) in [4.78, 5) is 13.1. The second kappa shape index (κ2) is 7.23. The van der Waals surface area contributed by atoms with Crippen LogP contribution in [0.25, 0.3) is 12.2 Å². The lowest BCUT2D eigenvalue weighted by Gasteiger charge is -2.35. The largest absolute Gasteiger partial charge is 0.289 e. The van der Waals surface area contributed by atoms with Gasteiger partial charge in [-0.05, 0) is 47.5 Å². The zero-order valence-corrected chi connectivity index (χ0v) is 15.3. The standard InChI is InChI=1S/C24H26O/c1-24(2,3)22-16-20(14-18-10-6-4-7-11-18)23(25)21(17-22)15-19-12-8-5-9-13-19/h4-15,22H,16-17H2,1-3H3/b20-14-,21-15+. The van der Waals surface area contributed by atoms with E-state index in [4.69, 9.17) is 0 Å². The molecule has 1 aliphatic carbocycles. The van der Waals surface area contributed by atoms with Crippen LogP contribution >= 0.6 is 0 Å². The molecule has 128 valence electrons. The van der Waals surface area contributed by atoms with E-state index in [-0.39, 0.29) is 11.2 Å².